The summed E-state index contributed by atoms with van der Waals surface area (Å²) in [7, 11) is 2.52. The van der Waals surface area contributed by atoms with Gasteiger partial charge in [-0.1, -0.05) is 25.2 Å². The predicted molar refractivity (Wildman–Crippen MR) is 119 cm³/mol. The van der Waals surface area contributed by atoms with Crippen LogP contribution in [0.4, 0.5) is 11.4 Å². The van der Waals surface area contributed by atoms with Gasteiger partial charge in [0.1, 0.15) is 8.07 Å². The molecule has 0 fully saturated rings. The Morgan fingerprint density at radius 2 is 1.22 bits per heavy atom. The Hall–Kier alpha value is -2.12. The van der Waals surface area contributed by atoms with E-state index in [0.717, 1.165) is 28.8 Å². The van der Waals surface area contributed by atoms with Crippen LogP contribution < -0.4 is 20.2 Å². The zero-order chi connectivity index (χ0) is 20.1. The van der Waals surface area contributed by atoms with Crippen molar-refractivity contribution in [1.82, 2.24) is 0 Å². The summed E-state index contributed by atoms with van der Waals surface area (Å²) in [5.41, 5.74) is 4.66. The van der Waals surface area contributed by atoms with Crippen LogP contribution in [0.2, 0.25) is 13.1 Å². The summed E-state index contributed by atoms with van der Waals surface area (Å²) < 4.78 is 28.2. The first-order valence-corrected chi connectivity index (χ1v) is 13.7. The number of rotatable bonds is 3. The highest BCUT2D eigenvalue weighted by Gasteiger charge is 2.38. The second-order valence-electron chi connectivity index (χ2n) is 8.05. The Kier molecular flexibility index (Phi) is 4.72. The van der Waals surface area contributed by atoms with E-state index in [1.54, 1.807) is 0 Å². The van der Waals surface area contributed by atoms with Crippen molar-refractivity contribution in [2.75, 3.05) is 44.2 Å². The van der Waals surface area contributed by atoms with E-state index >= 15 is 0 Å². The lowest BCUT2D eigenvalue weighted by molar-refractivity contribution is 0.604. The fraction of sp³-hybridized carbons (Fsp3) is 0.350. The van der Waals surface area contributed by atoms with Crippen LogP contribution in [0, 0.1) is 0 Å². The van der Waals surface area contributed by atoms with Crippen LogP contribution in [0.15, 0.2) is 40.8 Å². The van der Waals surface area contributed by atoms with Crippen LogP contribution in [0.5, 0.6) is 0 Å². The molecule has 2 aromatic rings. The van der Waals surface area contributed by atoms with Crippen molar-refractivity contribution in [2.24, 2.45) is 4.40 Å². The Labute approximate surface area is 163 Å². The smallest absolute Gasteiger partial charge is 0.250 e. The second-order valence-corrected chi connectivity index (χ2v) is 14.0. The molecule has 1 aliphatic rings. The molecule has 1 aliphatic heterocycles. The van der Waals surface area contributed by atoms with Gasteiger partial charge in [-0.2, -0.15) is 4.40 Å². The third-order valence-electron chi connectivity index (χ3n) is 5.15. The van der Waals surface area contributed by atoms with Gasteiger partial charge in [0, 0.05) is 50.7 Å². The van der Waals surface area contributed by atoms with E-state index in [2.05, 4.69) is 39.4 Å². The Balaban J connectivity index is 2.39. The van der Waals surface area contributed by atoms with Crippen molar-refractivity contribution < 1.29 is 8.42 Å². The maximum absolute atomic E-state index is 12.0. The summed E-state index contributed by atoms with van der Waals surface area (Å²) in [4.78, 5) is 4.15. The minimum absolute atomic E-state index is 0.560. The molecule has 0 N–H and O–H groups in total. The lowest BCUT2D eigenvalue weighted by Gasteiger charge is -2.35. The lowest BCUT2D eigenvalue weighted by atomic mass is 10.0. The molecule has 0 saturated carbocycles. The molecular weight excluding hydrogens is 374 g/mol. The lowest BCUT2D eigenvalue weighted by Crippen LogP contribution is -2.60. The van der Waals surface area contributed by atoms with Gasteiger partial charge in [-0.3, -0.25) is 0 Å². The van der Waals surface area contributed by atoms with E-state index in [1.807, 2.05) is 52.5 Å². The standard InChI is InChI=1S/C20H27N3O2SSi/c1-22(2)14-8-10-16-18(12-14)27(6,7)19-13-15(23(3)4)9-11-17(19)20(16)21-26(5,24)25/h8-13H,1-7H3. The fourth-order valence-corrected chi connectivity index (χ4v) is 7.21. The van der Waals surface area contributed by atoms with Crippen LogP contribution in [0.3, 0.4) is 0 Å². The zero-order valence-electron chi connectivity index (χ0n) is 17.0. The molecule has 0 spiro atoms. The predicted octanol–water partition coefficient (Wildman–Crippen LogP) is 1.75. The highest BCUT2D eigenvalue weighted by Crippen LogP contribution is 2.26. The number of nitrogens with zero attached hydrogens (tertiary/aromatic N) is 3. The molecule has 0 aromatic heterocycles. The molecule has 144 valence electrons. The molecule has 5 nitrogen and oxygen atoms in total. The summed E-state index contributed by atoms with van der Waals surface area (Å²) in [6.07, 6.45) is 1.15. The molecule has 1 heterocycles. The summed E-state index contributed by atoms with van der Waals surface area (Å²) in [6.45, 7) is 4.64. The average molecular weight is 402 g/mol. The van der Waals surface area contributed by atoms with E-state index in [0.29, 0.717) is 5.71 Å². The van der Waals surface area contributed by atoms with Crippen molar-refractivity contribution in [3.63, 3.8) is 0 Å². The van der Waals surface area contributed by atoms with Crippen molar-refractivity contribution >= 4 is 45.6 Å². The Morgan fingerprint density at radius 3 is 1.56 bits per heavy atom. The minimum atomic E-state index is -3.52. The van der Waals surface area contributed by atoms with Crippen molar-refractivity contribution in [3.05, 3.63) is 47.5 Å². The molecule has 0 amide bonds. The first kappa shape index (κ1) is 19.6. The molecule has 2 aromatic carbocycles. The number of sulfonamides is 1. The van der Waals surface area contributed by atoms with Gasteiger partial charge in [0.15, 0.2) is 0 Å². The van der Waals surface area contributed by atoms with Crippen molar-refractivity contribution in [3.8, 4) is 0 Å². The molecule has 0 aliphatic carbocycles. The molecule has 0 saturated heterocycles. The quantitative estimate of drug-likeness (QED) is 0.736. The second kappa shape index (κ2) is 6.49. The Morgan fingerprint density at radius 1 is 0.815 bits per heavy atom. The third-order valence-corrected chi connectivity index (χ3v) is 9.19. The summed E-state index contributed by atoms with van der Waals surface area (Å²) in [6, 6.07) is 12.5. The minimum Gasteiger partial charge on any atom is -0.378 e. The van der Waals surface area contributed by atoms with Gasteiger partial charge >= 0.3 is 0 Å². The van der Waals surface area contributed by atoms with Crippen LogP contribution in [-0.4, -0.2) is 56.6 Å². The first-order valence-electron chi connectivity index (χ1n) is 8.86. The van der Waals surface area contributed by atoms with Crippen LogP contribution >= 0.6 is 0 Å². The van der Waals surface area contributed by atoms with E-state index in [4.69, 9.17) is 0 Å². The highest BCUT2D eigenvalue weighted by atomic mass is 32.2. The zero-order valence-corrected chi connectivity index (χ0v) is 18.8. The van der Waals surface area contributed by atoms with Crippen molar-refractivity contribution in [1.29, 1.82) is 0 Å². The maximum Gasteiger partial charge on any atom is 0.250 e. The van der Waals surface area contributed by atoms with Gasteiger partial charge in [-0.15, -0.1) is 0 Å². The van der Waals surface area contributed by atoms with Crippen LogP contribution in [-0.2, 0) is 10.0 Å². The van der Waals surface area contributed by atoms with Crippen molar-refractivity contribution in [2.45, 2.75) is 13.1 Å². The van der Waals surface area contributed by atoms with E-state index in [9.17, 15) is 8.42 Å². The van der Waals surface area contributed by atoms with Crippen LogP contribution in [0.1, 0.15) is 11.1 Å². The molecular formula is C20H27N3O2SSi. The molecule has 3 rings (SSSR count). The molecule has 0 radical (unpaired) electrons. The van der Waals surface area contributed by atoms with Gasteiger partial charge in [-0.25, -0.2) is 8.42 Å². The fourth-order valence-electron chi connectivity index (χ4n) is 3.62. The summed E-state index contributed by atoms with van der Waals surface area (Å²) >= 11 is 0. The van der Waals surface area contributed by atoms with E-state index in [-0.39, 0.29) is 0 Å². The van der Waals surface area contributed by atoms with Gasteiger partial charge in [0.2, 0.25) is 0 Å². The molecule has 0 unspecified atom stereocenters. The van der Waals surface area contributed by atoms with Gasteiger partial charge < -0.3 is 9.80 Å². The molecule has 27 heavy (non-hydrogen) atoms. The topological polar surface area (TPSA) is 53.0 Å². The van der Waals surface area contributed by atoms with E-state index in [1.165, 1.54) is 10.4 Å². The molecule has 7 heteroatoms. The first-order chi connectivity index (χ1) is 12.4. The SMILES string of the molecule is CN(C)c1ccc2c(c1)[Si](C)(C)c1cc(N(C)C)ccc1C2=NS(C)(=O)=O. The number of hydrogen-bond acceptors (Lipinski definition) is 4. The van der Waals surface area contributed by atoms with E-state index < -0.39 is 18.1 Å². The molecule has 0 atom stereocenters. The highest BCUT2D eigenvalue weighted by molar-refractivity contribution is 7.89. The normalized spacial score (nSPS) is 15.0. The number of anilines is 2. The van der Waals surface area contributed by atoms with Gasteiger partial charge in [0.25, 0.3) is 10.0 Å². The summed E-state index contributed by atoms with van der Waals surface area (Å²) in [5.74, 6) is 0. The number of benzene rings is 2. The van der Waals surface area contributed by atoms with Crippen LogP contribution in [0.25, 0.3) is 0 Å². The Bertz CT molecular complexity index is 978. The largest absolute Gasteiger partial charge is 0.378 e. The third kappa shape index (κ3) is 3.53. The number of hydrogen-bond donors (Lipinski definition) is 0. The monoisotopic (exact) mass is 401 g/mol. The maximum atomic E-state index is 12.0. The molecule has 0 bridgehead atoms. The summed E-state index contributed by atoms with van der Waals surface area (Å²) in [5, 5.41) is 2.44. The van der Waals surface area contributed by atoms with Gasteiger partial charge in [-0.05, 0) is 34.6 Å². The average Bonchev–Trinajstić information content (AvgIpc) is 2.57. The van der Waals surface area contributed by atoms with Gasteiger partial charge in [0.05, 0.1) is 12.0 Å². The number of fused-ring (bicyclic) bond motifs is 2.